The van der Waals surface area contributed by atoms with Crippen molar-refractivity contribution in [3.8, 4) is 5.75 Å². The number of phenolic OH excluding ortho intramolecular Hbond substituents is 1. The first-order valence-corrected chi connectivity index (χ1v) is 6.95. The Balaban J connectivity index is 3.00. The number of aromatic hydroxyl groups is 1. The number of nitrogens with one attached hydrogen (secondary N) is 1. The van der Waals surface area contributed by atoms with Crippen LogP contribution in [-0.4, -0.2) is 24.2 Å². The van der Waals surface area contributed by atoms with Crippen LogP contribution in [0, 0.1) is 0 Å². The Morgan fingerprint density at radius 3 is 2.53 bits per heavy atom. The molecular formula is C16H26N2O. The summed E-state index contributed by atoms with van der Waals surface area (Å²) < 4.78 is 0. The van der Waals surface area contributed by atoms with Gasteiger partial charge in [0.2, 0.25) is 0 Å². The van der Waals surface area contributed by atoms with Gasteiger partial charge in [-0.15, -0.1) is 6.58 Å². The van der Waals surface area contributed by atoms with E-state index in [9.17, 15) is 5.11 Å². The maximum Gasteiger partial charge on any atom is 0.122 e. The Kier molecular flexibility index (Phi) is 5.90. The highest BCUT2D eigenvalue weighted by Gasteiger charge is 2.14. The molecule has 1 atom stereocenters. The van der Waals surface area contributed by atoms with Crippen LogP contribution in [0.2, 0.25) is 0 Å². The molecule has 0 fully saturated rings. The minimum absolute atomic E-state index is 0.158. The molecule has 0 saturated heterocycles. The molecule has 1 rings (SSSR count). The van der Waals surface area contributed by atoms with E-state index in [1.54, 1.807) is 0 Å². The maximum absolute atomic E-state index is 10.2. The van der Waals surface area contributed by atoms with E-state index in [1.165, 1.54) is 0 Å². The lowest BCUT2D eigenvalue weighted by Gasteiger charge is -2.28. The molecule has 3 heteroatoms. The smallest absolute Gasteiger partial charge is 0.122 e. The van der Waals surface area contributed by atoms with E-state index < -0.39 is 0 Å². The van der Waals surface area contributed by atoms with Crippen molar-refractivity contribution in [2.75, 3.05) is 18.0 Å². The second-order valence-electron chi connectivity index (χ2n) is 5.06. The van der Waals surface area contributed by atoms with Crippen LogP contribution in [0.1, 0.15) is 39.3 Å². The average Bonchev–Trinajstić information content (AvgIpc) is 2.35. The summed E-state index contributed by atoms with van der Waals surface area (Å²) in [6.45, 7) is 13.8. The van der Waals surface area contributed by atoms with Crippen molar-refractivity contribution in [1.29, 1.82) is 0 Å². The van der Waals surface area contributed by atoms with Crippen LogP contribution in [0.5, 0.6) is 5.75 Å². The van der Waals surface area contributed by atoms with E-state index >= 15 is 0 Å². The number of hydrogen-bond donors (Lipinski definition) is 2. The van der Waals surface area contributed by atoms with Crippen molar-refractivity contribution in [3.05, 3.63) is 36.4 Å². The number of nitrogens with zero attached hydrogens (tertiary/aromatic N) is 1. The topological polar surface area (TPSA) is 35.5 Å². The lowest BCUT2D eigenvalue weighted by atomic mass is 10.1. The van der Waals surface area contributed by atoms with Gasteiger partial charge in [-0.25, -0.2) is 0 Å². The molecule has 1 aromatic rings. The molecule has 0 amide bonds. The number of benzene rings is 1. The molecule has 0 aliphatic heterocycles. The number of hydrogen-bond acceptors (Lipinski definition) is 3. The molecule has 1 aromatic carbocycles. The molecule has 3 nitrogen and oxygen atoms in total. The molecule has 106 valence electrons. The minimum Gasteiger partial charge on any atom is -0.508 e. The first kappa shape index (κ1) is 15.6. The predicted octanol–water partition coefficient (Wildman–Crippen LogP) is 3.46. The second-order valence-corrected chi connectivity index (χ2v) is 5.06. The zero-order valence-corrected chi connectivity index (χ0v) is 12.5. The van der Waals surface area contributed by atoms with Gasteiger partial charge < -0.3 is 15.3 Å². The van der Waals surface area contributed by atoms with Crippen molar-refractivity contribution < 1.29 is 5.11 Å². The Bertz CT molecular complexity index is 415. The van der Waals surface area contributed by atoms with Crippen molar-refractivity contribution in [1.82, 2.24) is 5.32 Å². The summed E-state index contributed by atoms with van der Waals surface area (Å²) in [6, 6.07) is 6.43. The fourth-order valence-electron chi connectivity index (χ4n) is 2.25. The molecule has 0 heterocycles. The molecule has 0 bridgehead atoms. The summed E-state index contributed by atoms with van der Waals surface area (Å²) in [5.74, 6) is 0.348. The van der Waals surface area contributed by atoms with Crippen LogP contribution in [-0.2, 0) is 0 Å². The number of phenols is 1. The summed E-state index contributed by atoms with van der Waals surface area (Å²) in [7, 11) is 0. The van der Waals surface area contributed by atoms with Gasteiger partial charge >= 0.3 is 0 Å². The van der Waals surface area contributed by atoms with E-state index in [1.807, 2.05) is 18.2 Å². The van der Waals surface area contributed by atoms with Crippen LogP contribution in [0.3, 0.4) is 0 Å². The van der Waals surface area contributed by atoms with Gasteiger partial charge in [-0.2, -0.15) is 0 Å². The molecule has 0 saturated carbocycles. The molecule has 0 aliphatic carbocycles. The minimum atomic E-state index is 0.158. The van der Waals surface area contributed by atoms with Crippen molar-refractivity contribution >= 4 is 5.69 Å². The van der Waals surface area contributed by atoms with Gasteiger partial charge in [-0.1, -0.05) is 19.1 Å². The second kappa shape index (κ2) is 7.19. The summed E-state index contributed by atoms with van der Waals surface area (Å²) >= 11 is 0. The maximum atomic E-state index is 10.2. The summed E-state index contributed by atoms with van der Waals surface area (Å²) in [5, 5.41) is 13.5. The van der Waals surface area contributed by atoms with Gasteiger partial charge in [0.1, 0.15) is 5.75 Å². The summed E-state index contributed by atoms with van der Waals surface area (Å²) in [5.41, 5.74) is 1.97. The lowest BCUT2D eigenvalue weighted by Crippen LogP contribution is -2.30. The van der Waals surface area contributed by atoms with Crippen LogP contribution < -0.4 is 10.2 Å². The van der Waals surface area contributed by atoms with Gasteiger partial charge in [0.25, 0.3) is 0 Å². The quantitative estimate of drug-likeness (QED) is 0.739. The highest BCUT2D eigenvalue weighted by atomic mass is 16.3. The molecule has 0 spiro atoms. The molecule has 19 heavy (non-hydrogen) atoms. The Morgan fingerprint density at radius 2 is 2.05 bits per heavy atom. The third-order valence-electron chi connectivity index (χ3n) is 3.27. The van der Waals surface area contributed by atoms with E-state index in [2.05, 4.69) is 50.6 Å². The Hall–Kier alpha value is -1.48. The standard InChI is InChI=1S/C16H26N2O/c1-6-10-18(12(3)4)14-8-9-15(16(19)11-14)13(5)17-7-2/h6,8-9,11-13,17,19H,1,7,10H2,2-5H3. The van der Waals surface area contributed by atoms with Crippen LogP contribution in [0.4, 0.5) is 5.69 Å². The van der Waals surface area contributed by atoms with Gasteiger partial charge in [-0.3, -0.25) is 0 Å². The van der Waals surface area contributed by atoms with E-state index in [0.717, 1.165) is 24.3 Å². The lowest BCUT2D eigenvalue weighted by molar-refractivity contribution is 0.454. The molecule has 0 radical (unpaired) electrons. The van der Waals surface area contributed by atoms with E-state index in [0.29, 0.717) is 11.8 Å². The van der Waals surface area contributed by atoms with E-state index in [-0.39, 0.29) is 6.04 Å². The highest BCUT2D eigenvalue weighted by molar-refractivity contribution is 5.55. The van der Waals surface area contributed by atoms with Gasteiger partial charge in [0, 0.05) is 35.9 Å². The average molecular weight is 262 g/mol. The van der Waals surface area contributed by atoms with Crippen LogP contribution >= 0.6 is 0 Å². The zero-order chi connectivity index (χ0) is 14.4. The summed E-state index contributed by atoms with van der Waals surface area (Å²) in [6.07, 6.45) is 1.88. The van der Waals surface area contributed by atoms with Crippen molar-refractivity contribution in [3.63, 3.8) is 0 Å². The summed E-state index contributed by atoms with van der Waals surface area (Å²) in [4.78, 5) is 2.20. The predicted molar refractivity (Wildman–Crippen MR) is 82.9 cm³/mol. The molecule has 0 aromatic heterocycles. The monoisotopic (exact) mass is 262 g/mol. The fourth-order valence-corrected chi connectivity index (χ4v) is 2.25. The first-order chi connectivity index (χ1) is 9.01. The van der Waals surface area contributed by atoms with E-state index in [4.69, 9.17) is 0 Å². The number of rotatable bonds is 7. The largest absolute Gasteiger partial charge is 0.508 e. The first-order valence-electron chi connectivity index (χ1n) is 6.95. The normalized spacial score (nSPS) is 12.5. The molecule has 2 N–H and O–H groups in total. The van der Waals surface area contributed by atoms with Gasteiger partial charge in [0.05, 0.1) is 0 Å². The zero-order valence-electron chi connectivity index (χ0n) is 12.5. The van der Waals surface area contributed by atoms with Crippen LogP contribution in [0.25, 0.3) is 0 Å². The Labute approximate surface area is 116 Å². The fraction of sp³-hybridized carbons (Fsp3) is 0.500. The molecular weight excluding hydrogens is 236 g/mol. The third kappa shape index (κ3) is 4.00. The molecule has 0 aliphatic rings. The highest BCUT2D eigenvalue weighted by Crippen LogP contribution is 2.29. The van der Waals surface area contributed by atoms with Gasteiger partial charge in [-0.05, 0) is 33.4 Å². The van der Waals surface area contributed by atoms with Crippen molar-refractivity contribution in [2.24, 2.45) is 0 Å². The van der Waals surface area contributed by atoms with Crippen molar-refractivity contribution in [2.45, 2.75) is 39.8 Å². The Morgan fingerprint density at radius 1 is 1.37 bits per heavy atom. The SMILES string of the molecule is C=CCN(c1ccc(C(C)NCC)c(O)c1)C(C)C. The third-order valence-corrected chi connectivity index (χ3v) is 3.27. The molecule has 1 unspecified atom stereocenters. The van der Waals surface area contributed by atoms with Gasteiger partial charge in [0.15, 0.2) is 0 Å². The van der Waals surface area contributed by atoms with Crippen LogP contribution in [0.15, 0.2) is 30.9 Å². The number of anilines is 1.